The van der Waals surface area contributed by atoms with E-state index >= 15 is 0 Å². The first kappa shape index (κ1) is 6.78. The highest BCUT2D eigenvalue weighted by Gasteiger charge is 2.34. The van der Waals surface area contributed by atoms with Crippen molar-refractivity contribution in [2.75, 3.05) is 0 Å². The molecule has 5 nitrogen and oxygen atoms in total. The monoisotopic (exact) mass is 164 g/mol. The molecule has 1 aliphatic carbocycles. The summed E-state index contributed by atoms with van der Waals surface area (Å²) in [5.41, 5.74) is 4.96. The van der Waals surface area contributed by atoms with Gasteiger partial charge in [-0.25, -0.2) is 9.59 Å². The van der Waals surface area contributed by atoms with E-state index in [1.165, 1.54) is 0 Å². The summed E-state index contributed by atoms with van der Waals surface area (Å²) in [6, 6.07) is -0.905. The van der Waals surface area contributed by atoms with Crippen LogP contribution in [0.3, 0.4) is 0 Å². The number of carbonyl (C=O) groups is 2. The standard InChI is InChI=1S/C7H5N3O2/c11-6-8-9-7(12)10(6)5-3-1-2-4-5/h1-4H,(H-,8,9,11,12)/p+1. The summed E-state index contributed by atoms with van der Waals surface area (Å²) in [6.07, 6.45) is 6.89. The molecule has 0 atom stereocenters. The van der Waals surface area contributed by atoms with E-state index in [1.54, 1.807) is 24.3 Å². The van der Waals surface area contributed by atoms with E-state index < -0.39 is 12.1 Å². The number of hydrogen-bond acceptors (Lipinski definition) is 2. The molecular formula is C7H6N3O2+. The van der Waals surface area contributed by atoms with Crippen LogP contribution < -0.4 is 10.9 Å². The van der Waals surface area contributed by atoms with Gasteiger partial charge in [0.1, 0.15) is 5.71 Å². The lowest BCUT2D eigenvalue weighted by atomic mass is 10.4. The predicted octanol–water partition coefficient (Wildman–Crippen LogP) is -0.0863. The topological polar surface area (TPSA) is 61.2 Å². The van der Waals surface area contributed by atoms with Crippen molar-refractivity contribution in [3.05, 3.63) is 24.3 Å². The fraction of sp³-hybridized carbons (Fsp3) is 0. The molecule has 1 aliphatic heterocycles. The molecule has 2 N–H and O–H groups in total. The van der Waals surface area contributed by atoms with Gasteiger partial charge >= 0.3 is 12.1 Å². The maximum Gasteiger partial charge on any atom is 0.476 e. The number of urea groups is 2. The van der Waals surface area contributed by atoms with Gasteiger partial charge in [0.2, 0.25) is 0 Å². The van der Waals surface area contributed by atoms with Crippen molar-refractivity contribution in [3.63, 3.8) is 0 Å². The first-order valence-electron chi connectivity index (χ1n) is 3.41. The van der Waals surface area contributed by atoms with Crippen molar-refractivity contribution in [2.24, 2.45) is 0 Å². The minimum Gasteiger partial charge on any atom is -0.209 e. The number of imide groups is 1. The third kappa shape index (κ3) is 0.833. The van der Waals surface area contributed by atoms with Crippen molar-refractivity contribution in [1.82, 2.24) is 10.9 Å². The van der Waals surface area contributed by atoms with Gasteiger partial charge in [0, 0.05) is 0 Å². The number of hydrogen-bond donors (Lipinski definition) is 2. The van der Waals surface area contributed by atoms with Crippen LogP contribution in [0, 0.1) is 0 Å². The number of amides is 4. The number of carbonyl (C=O) groups excluding carboxylic acids is 2. The summed E-state index contributed by atoms with van der Waals surface area (Å²) in [7, 11) is 0. The van der Waals surface area contributed by atoms with Gasteiger partial charge in [0.25, 0.3) is 0 Å². The van der Waals surface area contributed by atoms with Crippen molar-refractivity contribution in [1.29, 1.82) is 0 Å². The van der Waals surface area contributed by atoms with Gasteiger partial charge in [-0.2, -0.15) is 0 Å². The maximum absolute atomic E-state index is 11.0. The van der Waals surface area contributed by atoms with Crippen LogP contribution in [0.1, 0.15) is 0 Å². The summed E-state index contributed by atoms with van der Waals surface area (Å²) in [5, 5.41) is 0. The molecule has 60 valence electrons. The van der Waals surface area contributed by atoms with E-state index in [-0.39, 0.29) is 0 Å². The average Bonchev–Trinajstić information content (AvgIpc) is 2.61. The molecule has 0 aromatic rings. The molecule has 0 radical (unpaired) electrons. The molecule has 1 fully saturated rings. The molecule has 2 rings (SSSR count). The third-order valence-electron chi connectivity index (χ3n) is 1.59. The highest BCUT2D eigenvalue weighted by molar-refractivity contribution is 6.09. The van der Waals surface area contributed by atoms with Crippen molar-refractivity contribution in [2.45, 2.75) is 0 Å². The molecule has 0 bridgehead atoms. The van der Waals surface area contributed by atoms with E-state index in [0.29, 0.717) is 5.71 Å². The smallest absolute Gasteiger partial charge is 0.209 e. The van der Waals surface area contributed by atoms with Gasteiger partial charge in [-0.15, -0.1) is 15.4 Å². The Bertz CT molecular complexity index is 320. The average molecular weight is 164 g/mol. The third-order valence-corrected chi connectivity index (χ3v) is 1.59. The molecule has 1 saturated heterocycles. The summed E-state index contributed by atoms with van der Waals surface area (Å²) in [6.45, 7) is 0. The van der Waals surface area contributed by atoms with E-state index in [0.717, 1.165) is 4.58 Å². The second-order valence-corrected chi connectivity index (χ2v) is 2.34. The fourth-order valence-corrected chi connectivity index (χ4v) is 1.06. The molecule has 0 aromatic carbocycles. The largest absolute Gasteiger partial charge is 0.476 e. The number of nitrogens with one attached hydrogen (secondary N) is 2. The lowest BCUT2D eigenvalue weighted by Crippen LogP contribution is -2.26. The van der Waals surface area contributed by atoms with Crippen molar-refractivity contribution >= 4 is 17.8 Å². The van der Waals surface area contributed by atoms with Crippen LogP contribution in [-0.2, 0) is 0 Å². The highest BCUT2D eigenvalue weighted by atomic mass is 16.2. The summed E-state index contributed by atoms with van der Waals surface area (Å²) < 4.78 is 1.03. The molecule has 4 amide bonds. The molecule has 0 saturated carbocycles. The number of rotatable bonds is 0. The first-order valence-corrected chi connectivity index (χ1v) is 3.41. The Labute approximate surface area is 68.0 Å². The van der Waals surface area contributed by atoms with Crippen LogP contribution in [0.15, 0.2) is 24.3 Å². The Kier molecular flexibility index (Phi) is 1.30. The summed E-state index contributed by atoms with van der Waals surface area (Å²) >= 11 is 0. The number of nitrogens with zero attached hydrogens (tertiary/aromatic N) is 1. The van der Waals surface area contributed by atoms with Crippen LogP contribution in [0.5, 0.6) is 0 Å². The van der Waals surface area contributed by atoms with Crippen LogP contribution in [0.2, 0.25) is 0 Å². The SMILES string of the molecule is O=C1NNC(=O)[N+]1=C1C=CC=C1. The molecule has 0 aromatic heterocycles. The molecular weight excluding hydrogens is 158 g/mol. The van der Waals surface area contributed by atoms with Gasteiger partial charge in [0.05, 0.1) is 0 Å². The second-order valence-electron chi connectivity index (χ2n) is 2.34. The zero-order valence-corrected chi connectivity index (χ0v) is 6.07. The summed E-state index contributed by atoms with van der Waals surface area (Å²) in [4.78, 5) is 22.0. The molecule has 0 unspecified atom stereocenters. The molecule has 1 heterocycles. The van der Waals surface area contributed by atoms with Gasteiger partial charge in [-0.1, -0.05) is 12.2 Å². The van der Waals surface area contributed by atoms with Crippen LogP contribution in [0.25, 0.3) is 0 Å². The van der Waals surface area contributed by atoms with Crippen LogP contribution in [0.4, 0.5) is 9.59 Å². The summed E-state index contributed by atoms with van der Waals surface area (Å²) in [5.74, 6) is 0. The zero-order valence-electron chi connectivity index (χ0n) is 6.07. The van der Waals surface area contributed by atoms with Gasteiger partial charge < -0.3 is 0 Å². The van der Waals surface area contributed by atoms with Crippen molar-refractivity contribution in [3.8, 4) is 0 Å². The van der Waals surface area contributed by atoms with E-state index in [9.17, 15) is 9.59 Å². The fourth-order valence-electron chi connectivity index (χ4n) is 1.06. The second kappa shape index (κ2) is 2.30. The predicted molar refractivity (Wildman–Crippen MR) is 40.6 cm³/mol. The van der Waals surface area contributed by atoms with Gasteiger partial charge in [-0.3, -0.25) is 0 Å². The van der Waals surface area contributed by atoms with E-state index in [4.69, 9.17) is 0 Å². The number of allylic oxidation sites excluding steroid dienone is 4. The molecule has 2 aliphatic rings. The minimum atomic E-state index is -0.453. The van der Waals surface area contributed by atoms with Crippen molar-refractivity contribution < 1.29 is 14.2 Å². The Hall–Kier alpha value is -1.91. The minimum absolute atomic E-state index is 0.453. The Morgan fingerprint density at radius 3 is 2.00 bits per heavy atom. The lowest BCUT2D eigenvalue weighted by Gasteiger charge is -1.89. The maximum atomic E-state index is 11.0. The Morgan fingerprint density at radius 2 is 1.50 bits per heavy atom. The van der Waals surface area contributed by atoms with Gasteiger partial charge in [0.15, 0.2) is 0 Å². The highest BCUT2D eigenvalue weighted by Crippen LogP contribution is 1.99. The van der Waals surface area contributed by atoms with Crippen LogP contribution >= 0.6 is 0 Å². The normalized spacial score (nSPS) is 20.3. The lowest BCUT2D eigenvalue weighted by molar-refractivity contribution is -0.307. The van der Waals surface area contributed by atoms with E-state index in [1.807, 2.05) is 0 Å². The van der Waals surface area contributed by atoms with E-state index in [2.05, 4.69) is 10.9 Å². The van der Waals surface area contributed by atoms with Gasteiger partial charge in [-0.05, 0) is 12.2 Å². The number of hydrazine groups is 1. The molecule has 0 spiro atoms. The zero-order chi connectivity index (χ0) is 8.55. The quantitative estimate of drug-likeness (QED) is 0.491. The first-order chi connectivity index (χ1) is 5.79. The Morgan fingerprint density at radius 1 is 1.00 bits per heavy atom. The molecule has 12 heavy (non-hydrogen) atoms. The molecule has 5 heteroatoms. The van der Waals surface area contributed by atoms with Crippen LogP contribution in [-0.4, -0.2) is 22.3 Å². The Balaban J connectivity index is 2.50.